The summed E-state index contributed by atoms with van der Waals surface area (Å²) >= 11 is 0. The molecule has 4 nitrogen and oxygen atoms in total. The molecule has 20 heavy (non-hydrogen) atoms. The lowest BCUT2D eigenvalue weighted by Crippen LogP contribution is -2.56. The molecule has 1 fully saturated rings. The quantitative estimate of drug-likeness (QED) is 0.639. The molecule has 1 unspecified atom stereocenters. The van der Waals surface area contributed by atoms with Crippen molar-refractivity contribution >= 4 is 0 Å². The van der Waals surface area contributed by atoms with Crippen LogP contribution in [0, 0.1) is 0 Å². The lowest BCUT2D eigenvalue weighted by molar-refractivity contribution is 0.0266. The second kappa shape index (κ2) is 7.74. The van der Waals surface area contributed by atoms with Gasteiger partial charge in [-0.15, -0.1) is 0 Å². The predicted molar refractivity (Wildman–Crippen MR) is 86.2 cm³/mol. The van der Waals surface area contributed by atoms with Crippen LogP contribution in [0.1, 0.15) is 45.4 Å². The smallest absolute Gasteiger partial charge is 0.0613 e. The van der Waals surface area contributed by atoms with E-state index in [0.717, 1.165) is 32.4 Å². The summed E-state index contributed by atoms with van der Waals surface area (Å²) in [5.74, 6) is 0. The number of likely N-dealkylation sites (N-methyl/N-ethyl adjacent to an activating group) is 3. The Kier molecular flexibility index (Phi) is 6.92. The van der Waals surface area contributed by atoms with Crippen LogP contribution in [-0.4, -0.2) is 73.9 Å². The van der Waals surface area contributed by atoms with Crippen LogP contribution in [0.25, 0.3) is 0 Å². The topological polar surface area (TPSA) is 38.7 Å². The summed E-state index contributed by atoms with van der Waals surface area (Å²) in [5, 5.41) is 12.9. The second-order valence-electron chi connectivity index (χ2n) is 6.86. The van der Waals surface area contributed by atoms with Crippen LogP contribution in [0.3, 0.4) is 0 Å². The monoisotopic (exact) mass is 285 g/mol. The van der Waals surface area contributed by atoms with Crippen LogP contribution >= 0.6 is 0 Å². The molecule has 0 aliphatic heterocycles. The molecular weight excluding hydrogens is 250 g/mol. The normalized spacial score (nSPS) is 21.0. The third-order valence-corrected chi connectivity index (χ3v) is 5.50. The van der Waals surface area contributed by atoms with Crippen molar-refractivity contribution in [2.45, 2.75) is 56.5 Å². The van der Waals surface area contributed by atoms with Gasteiger partial charge in [0.2, 0.25) is 0 Å². The van der Waals surface area contributed by atoms with E-state index in [-0.39, 0.29) is 12.1 Å². The molecule has 4 heteroatoms. The number of nitrogens with one attached hydrogen (secondary N) is 1. The molecule has 0 aromatic rings. The van der Waals surface area contributed by atoms with E-state index in [1.54, 1.807) is 0 Å². The molecule has 1 aliphatic carbocycles. The van der Waals surface area contributed by atoms with E-state index in [1.165, 1.54) is 19.3 Å². The van der Waals surface area contributed by atoms with Gasteiger partial charge in [-0.05, 0) is 73.3 Å². The summed E-state index contributed by atoms with van der Waals surface area (Å²) in [7, 11) is 8.61. The third kappa shape index (κ3) is 4.17. The molecule has 0 saturated heterocycles. The molecular formula is C16H35N3O. The number of aliphatic hydroxyl groups excluding tert-OH is 1. The first-order valence-electron chi connectivity index (χ1n) is 8.09. The van der Waals surface area contributed by atoms with E-state index in [9.17, 15) is 5.11 Å². The molecule has 0 aromatic carbocycles. The van der Waals surface area contributed by atoms with E-state index in [2.05, 4.69) is 43.2 Å². The Bertz CT molecular complexity index is 265. The SMILES string of the molecule is CCC(CO)(CCCN(C)CC1(N(C)C)CCC1)NC. The fraction of sp³-hybridized carbons (Fsp3) is 1.00. The molecule has 0 radical (unpaired) electrons. The van der Waals surface area contributed by atoms with Crippen LogP contribution in [0.15, 0.2) is 0 Å². The molecule has 1 aliphatic rings. The standard InChI is InChI=1S/C16H35N3O/c1-6-15(14-20,17-2)9-8-12-19(5)13-16(18(3)4)10-7-11-16/h17,20H,6-14H2,1-5H3. The predicted octanol–water partition coefficient (Wildman–Crippen LogP) is 1.54. The average molecular weight is 285 g/mol. The van der Waals surface area contributed by atoms with Crippen LogP contribution in [0.2, 0.25) is 0 Å². The number of nitrogens with zero attached hydrogens (tertiary/aromatic N) is 2. The van der Waals surface area contributed by atoms with Crippen LogP contribution < -0.4 is 5.32 Å². The van der Waals surface area contributed by atoms with Crippen molar-refractivity contribution in [3.05, 3.63) is 0 Å². The maximum atomic E-state index is 9.57. The van der Waals surface area contributed by atoms with Gasteiger partial charge in [0, 0.05) is 17.6 Å². The van der Waals surface area contributed by atoms with Crippen molar-refractivity contribution in [1.82, 2.24) is 15.1 Å². The van der Waals surface area contributed by atoms with Gasteiger partial charge in [-0.2, -0.15) is 0 Å². The molecule has 1 atom stereocenters. The molecule has 1 saturated carbocycles. The zero-order valence-electron chi connectivity index (χ0n) is 14.2. The van der Waals surface area contributed by atoms with Gasteiger partial charge in [-0.3, -0.25) is 0 Å². The van der Waals surface area contributed by atoms with E-state index in [0.29, 0.717) is 5.54 Å². The first-order valence-corrected chi connectivity index (χ1v) is 8.09. The number of hydrogen-bond acceptors (Lipinski definition) is 4. The van der Waals surface area contributed by atoms with E-state index in [4.69, 9.17) is 0 Å². The van der Waals surface area contributed by atoms with Crippen LogP contribution in [0.5, 0.6) is 0 Å². The van der Waals surface area contributed by atoms with Crippen molar-refractivity contribution in [1.29, 1.82) is 0 Å². The summed E-state index contributed by atoms with van der Waals surface area (Å²) in [6.07, 6.45) is 7.18. The highest BCUT2D eigenvalue weighted by atomic mass is 16.3. The minimum Gasteiger partial charge on any atom is -0.394 e. The average Bonchev–Trinajstić information content (AvgIpc) is 2.39. The summed E-state index contributed by atoms with van der Waals surface area (Å²) in [6, 6.07) is 0. The van der Waals surface area contributed by atoms with Crippen molar-refractivity contribution in [3.63, 3.8) is 0 Å². The molecule has 0 bridgehead atoms. The lowest BCUT2D eigenvalue weighted by Gasteiger charge is -2.49. The minimum absolute atomic E-state index is 0.0868. The molecule has 120 valence electrons. The Hall–Kier alpha value is -0.160. The Balaban J connectivity index is 2.34. The van der Waals surface area contributed by atoms with E-state index in [1.807, 2.05) is 7.05 Å². The molecule has 1 rings (SSSR count). The zero-order valence-corrected chi connectivity index (χ0v) is 14.2. The van der Waals surface area contributed by atoms with Gasteiger partial charge < -0.3 is 20.2 Å². The Morgan fingerprint density at radius 3 is 2.25 bits per heavy atom. The highest BCUT2D eigenvalue weighted by Crippen LogP contribution is 2.36. The molecule has 0 aromatic heterocycles. The molecule has 0 heterocycles. The van der Waals surface area contributed by atoms with Gasteiger partial charge in [0.15, 0.2) is 0 Å². The number of rotatable bonds is 10. The largest absolute Gasteiger partial charge is 0.394 e. The summed E-state index contributed by atoms with van der Waals surface area (Å²) in [6.45, 7) is 4.65. The van der Waals surface area contributed by atoms with Gasteiger partial charge in [0.1, 0.15) is 0 Å². The zero-order chi connectivity index (χ0) is 15.2. The fourth-order valence-corrected chi connectivity index (χ4v) is 3.35. The highest BCUT2D eigenvalue weighted by Gasteiger charge is 2.39. The fourth-order valence-electron chi connectivity index (χ4n) is 3.35. The van der Waals surface area contributed by atoms with Crippen molar-refractivity contribution < 1.29 is 5.11 Å². The van der Waals surface area contributed by atoms with Crippen LogP contribution in [0.4, 0.5) is 0 Å². The van der Waals surface area contributed by atoms with Crippen molar-refractivity contribution in [2.24, 2.45) is 0 Å². The minimum atomic E-state index is -0.0868. The first-order chi connectivity index (χ1) is 9.43. The van der Waals surface area contributed by atoms with Gasteiger partial charge in [0.05, 0.1) is 6.61 Å². The summed E-state index contributed by atoms with van der Waals surface area (Å²) in [5.41, 5.74) is 0.327. The lowest BCUT2D eigenvalue weighted by atomic mass is 9.75. The van der Waals surface area contributed by atoms with Crippen LogP contribution in [-0.2, 0) is 0 Å². The van der Waals surface area contributed by atoms with Gasteiger partial charge in [0.25, 0.3) is 0 Å². The summed E-state index contributed by atoms with van der Waals surface area (Å²) < 4.78 is 0. The maximum Gasteiger partial charge on any atom is 0.0613 e. The number of aliphatic hydroxyl groups is 1. The van der Waals surface area contributed by atoms with Crippen molar-refractivity contribution in [2.75, 3.05) is 47.9 Å². The third-order valence-electron chi connectivity index (χ3n) is 5.50. The Morgan fingerprint density at radius 1 is 1.25 bits per heavy atom. The molecule has 2 N–H and O–H groups in total. The van der Waals surface area contributed by atoms with E-state index >= 15 is 0 Å². The van der Waals surface area contributed by atoms with Crippen molar-refractivity contribution in [3.8, 4) is 0 Å². The Morgan fingerprint density at radius 2 is 1.90 bits per heavy atom. The number of hydrogen-bond donors (Lipinski definition) is 2. The second-order valence-corrected chi connectivity index (χ2v) is 6.86. The first kappa shape index (κ1) is 17.9. The molecule has 0 spiro atoms. The van der Waals surface area contributed by atoms with E-state index < -0.39 is 0 Å². The van der Waals surface area contributed by atoms with Gasteiger partial charge >= 0.3 is 0 Å². The summed E-state index contributed by atoms with van der Waals surface area (Å²) in [4.78, 5) is 4.87. The van der Waals surface area contributed by atoms with Gasteiger partial charge in [-0.1, -0.05) is 6.92 Å². The Labute approximate surface area is 125 Å². The highest BCUT2D eigenvalue weighted by molar-refractivity contribution is 4.97. The molecule has 0 amide bonds. The van der Waals surface area contributed by atoms with Gasteiger partial charge in [-0.25, -0.2) is 0 Å². The maximum absolute atomic E-state index is 9.57.